The lowest BCUT2D eigenvalue weighted by Crippen LogP contribution is -2.50. The topological polar surface area (TPSA) is 96.0 Å². The SMILES string of the molecule is CCCCNC(=O)[C@H](Cc1ccccc1)N(Cc1c(Cl)cccc1Cl)C(=O)CCCN(c1ccc(OCC)cc1)S(C)(=O)=O. The lowest BCUT2D eigenvalue weighted by Gasteiger charge is -2.32. The second-order valence-corrected chi connectivity index (χ2v) is 13.2. The fourth-order valence-corrected chi connectivity index (χ4v) is 6.28. The van der Waals surface area contributed by atoms with Gasteiger partial charge in [-0.3, -0.25) is 13.9 Å². The van der Waals surface area contributed by atoms with Crippen LogP contribution in [-0.2, 0) is 32.6 Å². The number of unbranched alkanes of at least 4 members (excludes halogenated alkanes) is 1. The molecule has 0 aliphatic carbocycles. The van der Waals surface area contributed by atoms with Crippen molar-refractivity contribution in [1.29, 1.82) is 0 Å². The van der Waals surface area contributed by atoms with E-state index in [9.17, 15) is 18.0 Å². The van der Waals surface area contributed by atoms with E-state index in [4.69, 9.17) is 27.9 Å². The van der Waals surface area contributed by atoms with Crippen LogP contribution in [0.3, 0.4) is 0 Å². The van der Waals surface area contributed by atoms with Gasteiger partial charge in [-0.15, -0.1) is 0 Å². The molecule has 0 unspecified atom stereocenters. The highest BCUT2D eigenvalue weighted by molar-refractivity contribution is 7.92. The quantitative estimate of drug-likeness (QED) is 0.167. The first kappa shape index (κ1) is 35.2. The average molecular weight is 663 g/mol. The van der Waals surface area contributed by atoms with E-state index >= 15 is 0 Å². The summed E-state index contributed by atoms with van der Waals surface area (Å²) >= 11 is 13.0. The third kappa shape index (κ3) is 10.4. The molecule has 0 aliphatic rings. The summed E-state index contributed by atoms with van der Waals surface area (Å²) in [6.45, 7) is 4.98. The molecule has 0 spiro atoms. The second-order valence-electron chi connectivity index (χ2n) is 10.4. The lowest BCUT2D eigenvalue weighted by atomic mass is 10.0. The highest BCUT2D eigenvalue weighted by Crippen LogP contribution is 2.28. The predicted octanol–water partition coefficient (Wildman–Crippen LogP) is 6.49. The number of halogens is 2. The minimum Gasteiger partial charge on any atom is -0.494 e. The standard InChI is InChI=1S/C33H41Cl2N3O5S/c1-4-6-21-36-33(40)31(23-25-12-8-7-9-13-25)37(24-28-29(34)14-10-15-30(28)35)32(39)16-11-22-38(44(3,41)42)26-17-19-27(20-18-26)43-5-2/h7-10,12-15,17-20,31H,4-6,11,16,21-24H2,1-3H3,(H,36,40)/t31-/m0/s1. The Morgan fingerprint density at radius 3 is 2.16 bits per heavy atom. The Kier molecular flexibility index (Phi) is 13.8. The van der Waals surface area contributed by atoms with Gasteiger partial charge in [-0.25, -0.2) is 8.42 Å². The number of hydrogen-bond acceptors (Lipinski definition) is 5. The fraction of sp³-hybridized carbons (Fsp3) is 0.394. The highest BCUT2D eigenvalue weighted by Gasteiger charge is 2.31. The number of benzene rings is 3. The van der Waals surface area contributed by atoms with Crippen molar-refractivity contribution in [2.45, 2.75) is 58.5 Å². The maximum absolute atomic E-state index is 14.0. The minimum absolute atomic E-state index is 0.00134. The molecule has 1 atom stereocenters. The van der Waals surface area contributed by atoms with Crippen molar-refractivity contribution in [3.63, 3.8) is 0 Å². The number of ether oxygens (including phenoxy) is 1. The van der Waals surface area contributed by atoms with E-state index in [1.54, 1.807) is 42.5 Å². The van der Waals surface area contributed by atoms with E-state index in [0.717, 1.165) is 24.7 Å². The number of amides is 2. The Hall–Kier alpha value is -3.27. The molecule has 1 N–H and O–H groups in total. The Morgan fingerprint density at radius 1 is 0.909 bits per heavy atom. The van der Waals surface area contributed by atoms with Crippen molar-refractivity contribution >= 4 is 50.7 Å². The molecule has 3 aromatic rings. The van der Waals surface area contributed by atoms with Crippen molar-refractivity contribution in [2.24, 2.45) is 0 Å². The van der Waals surface area contributed by atoms with Gasteiger partial charge >= 0.3 is 0 Å². The van der Waals surface area contributed by atoms with E-state index in [0.29, 0.717) is 40.2 Å². The van der Waals surface area contributed by atoms with Crippen LogP contribution in [0.5, 0.6) is 5.75 Å². The largest absolute Gasteiger partial charge is 0.494 e. The number of carbonyl (C=O) groups excluding carboxylic acids is 2. The van der Waals surface area contributed by atoms with Gasteiger partial charge in [-0.05, 0) is 61.7 Å². The molecule has 8 nitrogen and oxygen atoms in total. The van der Waals surface area contributed by atoms with Crippen LogP contribution in [0, 0.1) is 0 Å². The minimum atomic E-state index is -3.64. The molecule has 2 amide bonds. The zero-order valence-electron chi connectivity index (χ0n) is 25.5. The zero-order valence-corrected chi connectivity index (χ0v) is 27.8. The lowest BCUT2D eigenvalue weighted by molar-refractivity contribution is -0.141. The van der Waals surface area contributed by atoms with Crippen molar-refractivity contribution < 1.29 is 22.7 Å². The predicted molar refractivity (Wildman–Crippen MR) is 178 cm³/mol. The first-order valence-corrected chi connectivity index (χ1v) is 17.4. The van der Waals surface area contributed by atoms with Gasteiger partial charge in [-0.2, -0.15) is 0 Å². The number of nitrogens with one attached hydrogen (secondary N) is 1. The third-order valence-electron chi connectivity index (χ3n) is 7.08. The van der Waals surface area contributed by atoms with Crippen LogP contribution in [0.15, 0.2) is 72.8 Å². The summed E-state index contributed by atoms with van der Waals surface area (Å²) in [5, 5.41) is 3.76. The van der Waals surface area contributed by atoms with Gasteiger partial charge in [-0.1, -0.05) is 72.9 Å². The number of hydrogen-bond donors (Lipinski definition) is 1. The Labute approximate surface area is 271 Å². The third-order valence-corrected chi connectivity index (χ3v) is 8.98. The number of carbonyl (C=O) groups is 2. The molecule has 3 rings (SSSR count). The summed E-state index contributed by atoms with van der Waals surface area (Å²) in [5.41, 5.74) is 1.90. The van der Waals surface area contributed by atoms with Crippen molar-refractivity contribution in [1.82, 2.24) is 10.2 Å². The van der Waals surface area contributed by atoms with Gasteiger partial charge in [0, 0.05) is 48.1 Å². The van der Waals surface area contributed by atoms with E-state index in [2.05, 4.69) is 5.32 Å². The van der Waals surface area contributed by atoms with E-state index in [-0.39, 0.29) is 44.2 Å². The molecule has 0 fully saturated rings. The van der Waals surface area contributed by atoms with Gasteiger partial charge < -0.3 is 15.0 Å². The average Bonchev–Trinajstić information content (AvgIpc) is 2.99. The highest BCUT2D eigenvalue weighted by atomic mass is 35.5. The number of sulfonamides is 1. The van der Waals surface area contributed by atoms with Gasteiger partial charge in [0.15, 0.2) is 0 Å². The molecule has 0 aliphatic heterocycles. The first-order valence-electron chi connectivity index (χ1n) is 14.8. The summed E-state index contributed by atoms with van der Waals surface area (Å²) in [6, 6.07) is 20.5. The normalized spacial score (nSPS) is 11.9. The number of anilines is 1. The molecule has 238 valence electrons. The summed E-state index contributed by atoms with van der Waals surface area (Å²) < 4.78 is 32.2. The fourth-order valence-electron chi connectivity index (χ4n) is 4.79. The van der Waals surface area contributed by atoms with E-state index in [1.165, 1.54) is 9.21 Å². The van der Waals surface area contributed by atoms with Crippen LogP contribution in [0.4, 0.5) is 5.69 Å². The number of rotatable bonds is 17. The first-order chi connectivity index (χ1) is 21.0. The van der Waals surface area contributed by atoms with Crippen LogP contribution in [-0.4, -0.2) is 57.1 Å². The summed E-state index contributed by atoms with van der Waals surface area (Å²) in [7, 11) is -3.64. The Balaban J connectivity index is 1.89. The van der Waals surface area contributed by atoms with Gasteiger partial charge in [0.2, 0.25) is 21.8 Å². The summed E-state index contributed by atoms with van der Waals surface area (Å²) in [5.74, 6) is 0.0501. The van der Waals surface area contributed by atoms with Crippen molar-refractivity contribution in [3.05, 3.63) is 94.0 Å². The smallest absolute Gasteiger partial charge is 0.243 e. The van der Waals surface area contributed by atoms with Gasteiger partial charge in [0.25, 0.3) is 0 Å². The van der Waals surface area contributed by atoms with Gasteiger partial charge in [0.1, 0.15) is 11.8 Å². The van der Waals surface area contributed by atoms with Crippen LogP contribution in [0.25, 0.3) is 0 Å². The molecule has 0 aromatic heterocycles. The zero-order chi connectivity index (χ0) is 32.1. The summed E-state index contributed by atoms with van der Waals surface area (Å²) in [6.07, 6.45) is 3.36. The molecule has 0 bridgehead atoms. The van der Waals surface area contributed by atoms with Crippen LogP contribution in [0.2, 0.25) is 10.0 Å². The van der Waals surface area contributed by atoms with E-state index in [1.807, 2.05) is 44.2 Å². The second kappa shape index (κ2) is 17.3. The van der Waals surface area contributed by atoms with E-state index < -0.39 is 16.1 Å². The molecular formula is C33H41Cl2N3O5S. The molecule has 0 saturated carbocycles. The van der Waals surface area contributed by atoms with Crippen LogP contribution >= 0.6 is 23.2 Å². The monoisotopic (exact) mass is 661 g/mol. The molecule has 44 heavy (non-hydrogen) atoms. The maximum Gasteiger partial charge on any atom is 0.243 e. The Morgan fingerprint density at radius 2 is 1.57 bits per heavy atom. The van der Waals surface area contributed by atoms with Crippen molar-refractivity contribution in [3.8, 4) is 5.75 Å². The molecule has 0 saturated heterocycles. The molecule has 3 aromatic carbocycles. The van der Waals surface area contributed by atoms with Gasteiger partial charge in [0.05, 0.1) is 18.6 Å². The molecule has 11 heteroatoms. The summed E-state index contributed by atoms with van der Waals surface area (Å²) in [4.78, 5) is 29.1. The molecular weight excluding hydrogens is 621 g/mol. The van der Waals surface area contributed by atoms with Crippen LogP contribution in [0.1, 0.15) is 50.7 Å². The van der Waals surface area contributed by atoms with Crippen molar-refractivity contribution in [2.75, 3.05) is 30.3 Å². The molecule has 0 heterocycles. The maximum atomic E-state index is 14.0. The number of nitrogens with zero attached hydrogens (tertiary/aromatic N) is 2. The Bertz CT molecular complexity index is 1450. The van der Waals surface area contributed by atoms with Crippen LogP contribution < -0.4 is 14.4 Å². The molecule has 0 radical (unpaired) electrons.